The Hall–Kier alpha value is -1.66. The fourth-order valence-electron chi connectivity index (χ4n) is 4.47. The summed E-state index contributed by atoms with van der Waals surface area (Å²) in [6.07, 6.45) is 8.00. The standard InChI is InChI=1S/C20H28N4OS/c1-2-23-14-16(12-21-23)13-22-9-8-19-17(15-22)5-6-20(25)24(19)10-7-18-4-3-11-26-18/h3-4,11-12,14,17,19H,2,5-10,13,15H2,1H3/t17-,19+/m0/s1. The summed E-state index contributed by atoms with van der Waals surface area (Å²) in [4.78, 5) is 18.6. The number of hydrogen-bond acceptors (Lipinski definition) is 4. The van der Waals surface area contributed by atoms with Crippen molar-refractivity contribution in [2.45, 2.75) is 51.7 Å². The van der Waals surface area contributed by atoms with Crippen molar-refractivity contribution >= 4 is 17.2 Å². The van der Waals surface area contributed by atoms with Crippen LogP contribution in [0.1, 0.15) is 36.6 Å². The first-order chi connectivity index (χ1) is 12.7. The average molecular weight is 373 g/mol. The molecular weight excluding hydrogens is 344 g/mol. The SMILES string of the molecule is CCn1cc(CN2CC[C@@H]3[C@@H](CCC(=O)N3CCc3cccs3)C2)cn1. The van der Waals surface area contributed by atoms with Crippen LogP contribution in [0, 0.1) is 5.92 Å². The summed E-state index contributed by atoms with van der Waals surface area (Å²) in [5, 5.41) is 6.51. The molecule has 0 spiro atoms. The van der Waals surface area contributed by atoms with E-state index in [1.54, 1.807) is 11.3 Å². The Kier molecular flexibility index (Phi) is 5.41. The van der Waals surface area contributed by atoms with Crippen molar-refractivity contribution in [1.29, 1.82) is 0 Å². The fraction of sp³-hybridized carbons (Fsp3) is 0.600. The van der Waals surface area contributed by atoms with Gasteiger partial charge in [-0.3, -0.25) is 14.4 Å². The zero-order valence-electron chi connectivity index (χ0n) is 15.5. The fourth-order valence-corrected chi connectivity index (χ4v) is 5.16. The summed E-state index contributed by atoms with van der Waals surface area (Å²) < 4.78 is 1.99. The molecule has 0 saturated carbocycles. The molecule has 2 aromatic rings. The molecule has 4 heterocycles. The molecule has 0 N–H and O–H groups in total. The third-order valence-electron chi connectivity index (χ3n) is 5.82. The molecule has 0 aromatic carbocycles. The maximum atomic E-state index is 12.5. The number of carbonyl (C=O) groups is 1. The van der Waals surface area contributed by atoms with E-state index in [9.17, 15) is 4.79 Å². The second-order valence-electron chi connectivity index (χ2n) is 7.51. The number of likely N-dealkylation sites (tertiary alicyclic amines) is 2. The van der Waals surface area contributed by atoms with E-state index in [0.29, 0.717) is 24.3 Å². The number of aromatic nitrogens is 2. The van der Waals surface area contributed by atoms with Crippen molar-refractivity contribution in [3.05, 3.63) is 40.3 Å². The van der Waals surface area contributed by atoms with Crippen molar-refractivity contribution in [3.8, 4) is 0 Å². The van der Waals surface area contributed by atoms with Gasteiger partial charge in [0.05, 0.1) is 6.20 Å². The van der Waals surface area contributed by atoms with Gasteiger partial charge in [0.1, 0.15) is 0 Å². The number of rotatable bonds is 6. The zero-order valence-corrected chi connectivity index (χ0v) is 16.3. The minimum Gasteiger partial charge on any atom is -0.339 e. The number of amides is 1. The van der Waals surface area contributed by atoms with E-state index in [2.05, 4.69) is 45.5 Å². The summed E-state index contributed by atoms with van der Waals surface area (Å²) in [6, 6.07) is 4.71. The molecule has 6 heteroatoms. The van der Waals surface area contributed by atoms with Crippen LogP contribution in [0.25, 0.3) is 0 Å². The van der Waals surface area contributed by atoms with Crippen LogP contribution in [0.4, 0.5) is 0 Å². The van der Waals surface area contributed by atoms with Gasteiger partial charge in [0, 0.05) is 61.8 Å². The smallest absolute Gasteiger partial charge is 0.222 e. The minimum atomic E-state index is 0.362. The van der Waals surface area contributed by atoms with E-state index in [1.165, 1.54) is 10.4 Å². The third kappa shape index (κ3) is 3.86. The van der Waals surface area contributed by atoms with E-state index >= 15 is 0 Å². The third-order valence-corrected chi connectivity index (χ3v) is 6.76. The number of thiophene rings is 1. The van der Waals surface area contributed by atoms with Crippen molar-refractivity contribution in [1.82, 2.24) is 19.6 Å². The summed E-state index contributed by atoms with van der Waals surface area (Å²) in [7, 11) is 0. The number of aryl methyl sites for hydroxylation is 1. The molecule has 5 nitrogen and oxygen atoms in total. The number of piperidine rings is 2. The number of fused-ring (bicyclic) bond motifs is 1. The van der Waals surface area contributed by atoms with E-state index in [4.69, 9.17) is 0 Å². The zero-order chi connectivity index (χ0) is 17.9. The summed E-state index contributed by atoms with van der Waals surface area (Å²) in [6.45, 7) is 7.07. The van der Waals surface area contributed by atoms with Crippen molar-refractivity contribution in [2.75, 3.05) is 19.6 Å². The van der Waals surface area contributed by atoms with Crippen LogP contribution in [0.5, 0.6) is 0 Å². The normalized spacial score (nSPS) is 24.0. The molecule has 2 aliphatic rings. The second kappa shape index (κ2) is 7.92. The second-order valence-corrected chi connectivity index (χ2v) is 8.54. The molecule has 0 aliphatic carbocycles. The molecule has 26 heavy (non-hydrogen) atoms. The molecule has 140 valence electrons. The lowest BCUT2D eigenvalue weighted by Crippen LogP contribution is -2.56. The van der Waals surface area contributed by atoms with Gasteiger partial charge in [-0.15, -0.1) is 11.3 Å². The molecular formula is C20H28N4OS. The monoisotopic (exact) mass is 372 g/mol. The minimum absolute atomic E-state index is 0.362. The van der Waals surface area contributed by atoms with Gasteiger partial charge in [-0.1, -0.05) is 6.07 Å². The Morgan fingerprint density at radius 3 is 3.04 bits per heavy atom. The Balaban J connectivity index is 1.36. The van der Waals surface area contributed by atoms with Gasteiger partial charge in [-0.2, -0.15) is 5.10 Å². The Morgan fingerprint density at radius 1 is 1.35 bits per heavy atom. The van der Waals surface area contributed by atoms with Crippen LogP contribution in [0.15, 0.2) is 29.9 Å². The summed E-state index contributed by atoms with van der Waals surface area (Å²) >= 11 is 1.79. The molecule has 0 unspecified atom stereocenters. The molecule has 2 aliphatic heterocycles. The summed E-state index contributed by atoms with van der Waals surface area (Å²) in [5.74, 6) is 0.978. The topological polar surface area (TPSA) is 41.4 Å². The largest absolute Gasteiger partial charge is 0.339 e. The maximum Gasteiger partial charge on any atom is 0.222 e. The lowest BCUT2D eigenvalue weighted by atomic mass is 9.83. The van der Waals surface area contributed by atoms with Crippen LogP contribution >= 0.6 is 11.3 Å². The van der Waals surface area contributed by atoms with Crippen molar-refractivity contribution in [2.24, 2.45) is 5.92 Å². The first kappa shape index (κ1) is 17.7. The molecule has 0 radical (unpaired) electrons. The maximum absolute atomic E-state index is 12.5. The van der Waals surface area contributed by atoms with Crippen LogP contribution in [-0.2, 0) is 24.3 Å². The lowest BCUT2D eigenvalue weighted by molar-refractivity contribution is -0.141. The number of carbonyl (C=O) groups excluding carboxylic acids is 1. The predicted octanol–water partition coefficient (Wildman–Crippen LogP) is 3.02. The predicted molar refractivity (Wildman–Crippen MR) is 104 cm³/mol. The first-order valence-corrected chi connectivity index (χ1v) is 10.7. The van der Waals surface area contributed by atoms with E-state index in [1.807, 2.05) is 10.9 Å². The highest BCUT2D eigenvalue weighted by atomic mass is 32.1. The van der Waals surface area contributed by atoms with Crippen LogP contribution in [-0.4, -0.2) is 51.2 Å². The highest BCUT2D eigenvalue weighted by molar-refractivity contribution is 7.09. The molecule has 2 aromatic heterocycles. The Bertz CT molecular complexity index is 726. The number of nitrogens with zero attached hydrogens (tertiary/aromatic N) is 4. The first-order valence-electron chi connectivity index (χ1n) is 9.78. The van der Waals surface area contributed by atoms with E-state index in [0.717, 1.165) is 52.0 Å². The molecule has 2 atom stereocenters. The van der Waals surface area contributed by atoms with Crippen molar-refractivity contribution in [3.63, 3.8) is 0 Å². The highest BCUT2D eigenvalue weighted by Crippen LogP contribution is 2.32. The van der Waals surface area contributed by atoms with Crippen LogP contribution in [0.3, 0.4) is 0 Å². The van der Waals surface area contributed by atoms with Gasteiger partial charge < -0.3 is 4.90 Å². The van der Waals surface area contributed by atoms with Crippen molar-refractivity contribution < 1.29 is 4.79 Å². The molecule has 4 rings (SSSR count). The van der Waals surface area contributed by atoms with E-state index in [-0.39, 0.29) is 0 Å². The summed E-state index contributed by atoms with van der Waals surface area (Å²) in [5.41, 5.74) is 1.30. The lowest BCUT2D eigenvalue weighted by Gasteiger charge is -2.47. The van der Waals surface area contributed by atoms with Gasteiger partial charge >= 0.3 is 0 Å². The molecule has 1 amide bonds. The van der Waals surface area contributed by atoms with Gasteiger partial charge in [0.2, 0.25) is 5.91 Å². The Labute approximate surface area is 159 Å². The van der Waals surface area contributed by atoms with E-state index < -0.39 is 0 Å². The molecule has 0 bridgehead atoms. The van der Waals surface area contributed by atoms with Gasteiger partial charge in [-0.25, -0.2) is 0 Å². The van der Waals surface area contributed by atoms with Crippen LogP contribution in [0.2, 0.25) is 0 Å². The van der Waals surface area contributed by atoms with Gasteiger partial charge in [-0.05, 0) is 43.6 Å². The Morgan fingerprint density at radius 2 is 2.27 bits per heavy atom. The van der Waals surface area contributed by atoms with Gasteiger partial charge in [0.25, 0.3) is 0 Å². The quantitative estimate of drug-likeness (QED) is 0.783. The molecule has 2 fully saturated rings. The number of hydrogen-bond donors (Lipinski definition) is 0. The van der Waals surface area contributed by atoms with Crippen LogP contribution < -0.4 is 0 Å². The van der Waals surface area contributed by atoms with Gasteiger partial charge in [0.15, 0.2) is 0 Å². The average Bonchev–Trinajstić information content (AvgIpc) is 3.32. The highest BCUT2D eigenvalue weighted by Gasteiger charge is 2.38. The molecule has 2 saturated heterocycles.